The lowest BCUT2D eigenvalue weighted by Gasteiger charge is -2.33. The van der Waals surface area contributed by atoms with Gasteiger partial charge in [0.25, 0.3) is 0 Å². The van der Waals surface area contributed by atoms with Crippen LogP contribution in [0.3, 0.4) is 0 Å². The number of ether oxygens (including phenoxy) is 1. The summed E-state index contributed by atoms with van der Waals surface area (Å²) in [6, 6.07) is 13.0. The van der Waals surface area contributed by atoms with Crippen LogP contribution in [0, 0.1) is 11.3 Å². The van der Waals surface area contributed by atoms with Crippen LogP contribution in [0.5, 0.6) is 5.75 Å². The van der Waals surface area contributed by atoms with Gasteiger partial charge in [-0.2, -0.15) is 5.26 Å². The molecule has 3 aromatic rings. The molecule has 0 aliphatic carbocycles. The number of hydrogen-bond acceptors (Lipinski definition) is 7. The minimum Gasteiger partial charge on any atom is -0.490 e. The Balaban J connectivity index is 1.44. The predicted octanol–water partition coefficient (Wildman–Crippen LogP) is 2.53. The van der Waals surface area contributed by atoms with Gasteiger partial charge in [0.15, 0.2) is 5.65 Å². The summed E-state index contributed by atoms with van der Waals surface area (Å²) in [6.45, 7) is 1.69. The highest BCUT2D eigenvalue weighted by molar-refractivity contribution is 5.87. The van der Waals surface area contributed by atoms with E-state index in [0.717, 1.165) is 42.9 Å². The van der Waals surface area contributed by atoms with Crippen LogP contribution in [0.25, 0.3) is 11.0 Å². The first-order valence-corrected chi connectivity index (χ1v) is 8.52. The van der Waals surface area contributed by atoms with Crippen LogP contribution in [0.15, 0.2) is 42.7 Å². The summed E-state index contributed by atoms with van der Waals surface area (Å²) >= 11 is 0. The SMILES string of the molecule is N#Cc1ccc(OC2CCN(c3ncnc4nc(N)ccc34)CC2)cc1. The van der Waals surface area contributed by atoms with Gasteiger partial charge in [-0.25, -0.2) is 15.0 Å². The molecule has 0 radical (unpaired) electrons. The molecule has 0 saturated carbocycles. The van der Waals surface area contributed by atoms with E-state index in [1.807, 2.05) is 18.2 Å². The minimum absolute atomic E-state index is 0.154. The molecule has 26 heavy (non-hydrogen) atoms. The molecular formula is C19H18N6O. The standard InChI is InChI=1S/C19H18N6O/c20-11-13-1-3-14(4-2-13)26-15-7-9-25(10-8-15)19-16-5-6-17(21)24-18(16)22-12-23-19/h1-6,12,15H,7-10H2,(H2,21,22,23,24). The van der Waals surface area contributed by atoms with Crippen LogP contribution < -0.4 is 15.4 Å². The fourth-order valence-corrected chi connectivity index (χ4v) is 3.18. The molecule has 1 aromatic carbocycles. The Morgan fingerprint density at radius 2 is 1.85 bits per heavy atom. The first-order valence-electron chi connectivity index (χ1n) is 8.52. The van der Waals surface area contributed by atoms with Crippen molar-refractivity contribution >= 4 is 22.7 Å². The van der Waals surface area contributed by atoms with Gasteiger partial charge in [0.05, 0.1) is 17.0 Å². The topological polar surface area (TPSA) is 101 Å². The minimum atomic E-state index is 0.154. The van der Waals surface area contributed by atoms with Gasteiger partial charge in [0.2, 0.25) is 0 Å². The average Bonchev–Trinajstić information content (AvgIpc) is 2.68. The summed E-state index contributed by atoms with van der Waals surface area (Å²) in [5, 5.41) is 9.77. The van der Waals surface area contributed by atoms with Crippen molar-refractivity contribution in [2.24, 2.45) is 0 Å². The van der Waals surface area contributed by atoms with Crippen LogP contribution in [-0.2, 0) is 0 Å². The first-order chi connectivity index (χ1) is 12.7. The number of anilines is 2. The highest BCUT2D eigenvalue weighted by atomic mass is 16.5. The molecule has 1 fully saturated rings. The molecule has 4 rings (SSSR count). The van der Waals surface area contributed by atoms with Crippen molar-refractivity contribution in [2.45, 2.75) is 18.9 Å². The van der Waals surface area contributed by atoms with Gasteiger partial charge in [-0.1, -0.05) is 0 Å². The molecule has 2 aromatic heterocycles. The van der Waals surface area contributed by atoms with Crippen LogP contribution >= 0.6 is 0 Å². The lowest BCUT2D eigenvalue weighted by molar-refractivity contribution is 0.171. The maximum absolute atomic E-state index is 8.86. The number of pyridine rings is 1. The Morgan fingerprint density at radius 1 is 1.08 bits per heavy atom. The third kappa shape index (κ3) is 3.22. The third-order valence-electron chi connectivity index (χ3n) is 4.53. The van der Waals surface area contributed by atoms with Crippen LogP contribution in [-0.4, -0.2) is 34.1 Å². The van der Waals surface area contributed by atoms with E-state index in [2.05, 4.69) is 25.9 Å². The lowest BCUT2D eigenvalue weighted by atomic mass is 10.1. The fraction of sp³-hybridized carbons (Fsp3) is 0.263. The molecule has 130 valence electrons. The number of benzene rings is 1. The third-order valence-corrected chi connectivity index (χ3v) is 4.53. The van der Waals surface area contributed by atoms with E-state index >= 15 is 0 Å². The van der Waals surface area contributed by atoms with Gasteiger partial charge >= 0.3 is 0 Å². The number of piperidine rings is 1. The van der Waals surface area contributed by atoms with Crippen molar-refractivity contribution in [3.05, 3.63) is 48.3 Å². The van der Waals surface area contributed by atoms with Crippen LogP contribution in [0.2, 0.25) is 0 Å². The normalized spacial score (nSPS) is 15.0. The van der Waals surface area contributed by atoms with Crippen molar-refractivity contribution in [1.29, 1.82) is 5.26 Å². The number of aromatic nitrogens is 3. The number of hydrogen-bond donors (Lipinski definition) is 1. The highest BCUT2D eigenvalue weighted by Crippen LogP contribution is 2.27. The molecule has 7 nitrogen and oxygen atoms in total. The second-order valence-corrected chi connectivity index (χ2v) is 6.24. The molecule has 0 atom stereocenters. The predicted molar refractivity (Wildman–Crippen MR) is 98.8 cm³/mol. The molecule has 1 aliphatic rings. The lowest BCUT2D eigenvalue weighted by Crippen LogP contribution is -2.38. The summed E-state index contributed by atoms with van der Waals surface area (Å²) < 4.78 is 6.04. The molecule has 2 N–H and O–H groups in total. The van der Waals surface area contributed by atoms with Gasteiger partial charge in [0.1, 0.15) is 29.8 Å². The van der Waals surface area contributed by atoms with Crippen molar-refractivity contribution in [2.75, 3.05) is 23.7 Å². The van der Waals surface area contributed by atoms with E-state index in [1.54, 1.807) is 18.2 Å². The van der Waals surface area contributed by atoms with Crippen molar-refractivity contribution < 1.29 is 4.74 Å². The van der Waals surface area contributed by atoms with Crippen LogP contribution in [0.4, 0.5) is 11.6 Å². The van der Waals surface area contributed by atoms with Gasteiger partial charge in [-0.3, -0.25) is 0 Å². The zero-order valence-corrected chi connectivity index (χ0v) is 14.2. The zero-order chi connectivity index (χ0) is 17.9. The molecule has 1 aliphatic heterocycles. The largest absolute Gasteiger partial charge is 0.490 e. The molecule has 0 bridgehead atoms. The summed E-state index contributed by atoms with van der Waals surface area (Å²) in [4.78, 5) is 15.2. The average molecular weight is 346 g/mol. The van der Waals surface area contributed by atoms with Gasteiger partial charge in [-0.15, -0.1) is 0 Å². The van der Waals surface area contributed by atoms with E-state index in [1.165, 1.54) is 6.33 Å². The number of rotatable bonds is 3. The maximum atomic E-state index is 8.86. The van der Waals surface area contributed by atoms with E-state index in [-0.39, 0.29) is 6.10 Å². The van der Waals surface area contributed by atoms with E-state index in [9.17, 15) is 0 Å². The van der Waals surface area contributed by atoms with Gasteiger partial charge in [0, 0.05) is 25.9 Å². The number of nitrogens with two attached hydrogens (primary N) is 1. The fourth-order valence-electron chi connectivity index (χ4n) is 3.18. The number of nitriles is 1. The monoisotopic (exact) mass is 346 g/mol. The van der Waals surface area contributed by atoms with Crippen molar-refractivity contribution in [3.8, 4) is 11.8 Å². The van der Waals surface area contributed by atoms with E-state index in [0.29, 0.717) is 17.0 Å². The summed E-state index contributed by atoms with van der Waals surface area (Å²) in [6.07, 6.45) is 3.48. The molecule has 3 heterocycles. The van der Waals surface area contributed by atoms with E-state index in [4.69, 9.17) is 15.7 Å². The number of fused-ring (bicyclic) bond motifs is 1. The Bertz CT molecular complexity index is 958. The highest BCUT2D eigenvalue weighted by Gasteiger charge is 2.23. The first kappa shape index (κ1) is 16.1. The molecule has 7 heteroatoms. The molecule has 0 amide bonds. The summed E-state index contributed by atoms with van der Waals surface area (Å²) in [5.41, 5.74) is 7.00. The second kappa shape index (κ2) is 6.84. The van der Waals surface area contributed by atoms with Crippen molar-refractivity contribution in [1.82, 2.24) is 15.0 Å². The molecule has 1 saturated heterocycles. The number of nitrogen functional groups attached to an aromatic ring is 1. The quantitative estimate of drug-likeness (QED) is 0.777. The number of nitrogens with zero attached hydrogens (tertiary/aromatic N) is 5. The molecule has 0 unspecified atom stereocenters. The van der Waals surface area contributed by atoms with Gasteiger partial charge < -0.3 is 15.4 Å². The zero-order valence-electron chi connectivity index (χ0n) is 14.2. The Morgan fingerprint density at radius 3 is 2.58 bits per heavy atom. The Labute approximate surface area is 151 Å². The van der Waals surface area contributed by atoms with Gasteiger partial charge in [-0.05, 0) is 36.4 Å². The smallest absolute Gasteiger partial charge is 0.166 e. The molecular weight excluding hydrogens is 328 g/mol. The molecule has 0 spiro atoms. The second-order valence-electron chi connectivity index (χ2n) is 6.24. The summed E-state index contributed by atoms with van der Waals surface area (Å²) in [5.74, 6) is 2.14. The van der Waals surface area contributed by atoms with Crippen LogP contribution in [0.1, 0.15) is 18.4 Å². The maximum Gasteiger partial charge on any atom is 0.166 e. The summed E-state index contributed by atoms with van der Waals surface area (Å²) in [7, 11) is 0. The van der Waals surface area contributed by atoms with Crippen molar-refractivity contribution in [3.63, 3.8) is 0 Å². The Hall–Kier alpha value is -3.40. The Kier molecular flexibility index (Phi) is 4.23. The van der Waals surface area contributed by atoms with E-state index < -0.39 is 0 Å².